The third kappa shape index (κ3) is 2.26. The van der Waals surface area contributed by atoms with Gasteiger partial charge in [0.05, 0.1) is 17.0 Å². The van der Waals surface area contributed by atoms with E-state index in [1.807, 2.05) is 13.0 Å². The van der Waals surface area contributed by atoms with E-state index < -0.39 is 11.6 Å². The molecule has 1 aliphatic heterocycles. The molecule has 1 atom stereocenters. The van der Waals surface area contributed by atoms with Gasteiger partial charge in [0.15, 0.2) is 0 Å². The van der Waals surface area contributed by atoms with Crippen LogP contribution in [0, 0.1) is 0 Å². The van der Waals surface area contributed by atoms with Gasteiger partial charge < -0.3 is 16.2 Å². The molecule has 1 heterocycles. The van der Waals surface area contributed by atoms with Crippen molar-refractivity contribution in [2.45, 2.75) is 19.5 Å². The number of carbonyl (C=O) groups is 1. The van der Waals surface area contributed by atoms with Crippen molar-refractivity contribution in [2.24, 2.45) is 10.7 Å². The molecule has 0 aromatic heterocycles. The molecule has 5 heteroatoms. The van der Waals surface area contributed by atoms with Crippen LogP contribution in [0.3, 0.4) is 0 Å². The maximum atomic E-state index is 11.1. The molecule has 94 valence electrons. The highest BCUT2D eigenvalue weighted by molar-refractivity contribution is 6.07. The summed E-state index contributed by atoms with van der Waals surface area (Å²) in [6.45, 7) is 3.68. The van der Waals surface area contributed by atoms with Gasteiger partial charge in [0.1, 0.15) is 5.66 Å². The highest BCUT2D eigenvalue weighted by Gasteiger charge is 2.29. The fraction of sp³-hybridized carbons (Fsp3) is 0.231. The van der Waals surface area contributed by atoms with Crippen LogP contribution in [0.4, 0.5) is 5.69 Å². The highest BCUT2D eigenvalue weighted by Crippen LogP contribution is 2.22. The lowest BCUT2D eigenvalue weighted by atomic mass is 10.1. The van der Waals surface area contributed by atoms with E-state index in [0.717, 1.165) is 5.70 Å². The number of nitrogens with two attached hydrogens (primary N) is 1. The van der Waals surface area contributed by atoms with Crippen LogP contribution in [0.5, 0.6) is 0 Å². The van der Waals surface area contributed by atoms with E-state index in [-0.39, 0.29) is 5.56 Å². The Morgan fingerprint density at radius 3 is 2.67 bits per heavy atom. The van der Waals surface area contributed by atoms with Crippen molar-refractivity contribution < 1.29 is 9.90 Å². The fourth-order valence-corrected chi connectivity index (χ4v) is 1.89. The molecule has 0 amide bonds. The topological polar surface area (TPSA) is 87.7 Å². The molecule has 0 aliphatic carbocycles. The largest absolute Gasteiger partial charge is 0.478 e. The molecule has 0 spiro atoms. The minimum Gasteiger partial charge on any atom is -0.478 e. The quantitative estimate of drug-likeness (QED) is 0.739. The number of para-hydroxylation sites is 1. The number of carboxylic acids is 1. The van der Waals surface area contributed by atoms with Crippen molar-refractivity contribution in [1.82, 2.24) is 5.32 Å². The molecule has 1 aliphatic rings. The first-order valence-electron chi connectivity index (χ1n) is 5.57. The summed E-state index contributed by atoms with van der Waals surface area (Å²) in [5.74, 6) is -1.000. The summed E-state index contributed by atoms with van der Waals surface area (Å²) in [7, 11) is 0. The third-order valence-corrected chi connectivity index (χ3v) is 2.72. The smallest absolute Gasteiger partial charge is 0.337 e. The number of benzene rings is 1. The van der Waals surface area contributed by atoms with Crippen molar-refractivity contribution in [3.63, 3.8) is 0 Å². The first-order valence-corrected chi connectivity index (χ1v) is 5.57. The van der Waals surface area contributed by atoms with Gasteiger partial charge in [0.25, 0.3) is 0 Å². The average molecular weight is 245 g/mol. The minimum atomic E-state index is -1.000. The number of nitrogens with zero attached hydrogens (tertiary/aromatic N) is 1. The van der Waals surface area contributed by atoms with Crippen LogP contribution < -0.4 is 11.1 Å². The molecule has 0 bridgehead atoms. The molecule has 0 fully saturated rings. The molecule has 0 saturated heterocycles. The van der Waals surface area contributed by atoms with Crippen molar-refractivity contribution in [3.8, 4) is 0 Å². The van der Waals surface area contributed by atoms with Crippen LogP contribution in [-0.2, 0) is 0 Å². The summed E-state index contributed by atoms with van der Waals surface area (Å²) in [6.07, 6.45) is 1.82. The molecule has 4 N–H and O–H groups in total. The lowest BCUT2D eigenvalue weighted by molar-refractivity contribution is 0.0698. The molecular weight excluding hydrogens is 230 g/mol. The van der Waals surface area contributed by atoms with Crippen LogP contribution in [0.1, 0.15) is 24.2 Å². The van der Waals surface area contributed by atoms with Crippen LogP contribution >= 0.6 is 0 Å². The second kappa shape index (κ2) is 4.27. The predicted octanol–water partition coefficient (Wildman–Crippen LogP) is 1.64. The number of aliphatic imine (C=N–C) groups is 1. The number of allylic oxidation sites excluding steroid dienone is 1. The van der Waals surface area contributed by atoms with E-state index in [1.54, 1.807) is 25.1 Å². The molecule has 1 unspecified atom stereocenters. The molecule has 0 radical (unpaired) electrons. The zero-order valence-corrected chi connectivity index (χ0v) is 10.3. The van der Waals surface area contributed by atoms with E-state index in [9.17, 15) is 4.79 Å². The van der Waals surface area contributed by atoms with Crippen molar-refractivity contribution in [2.75, 3.05) is 0 Å². The summed E-state index contributed by atoms with van der Waals surface area (Å²) < 4.78 is 0. The lowest BCUT2D eigenvalue weighted by Crippen LogP contribution is -2.51. The first-order chi connectivity index (χ1) is 8.40. The molecule has 1 aromatic carbocycles. The predicted molar refractivity (Wildman–Crippen MR) is 70.0 cm³/mol. The number of hydrogen-bond acceptors (Lipinski definition) is 4. The Balaban J connectivity index is 2.49. The lowest BCUT2D eigenvalue weighted by Gasteiger charge is -2.21. The number of rotatable bonds is 2. The molecule has 1 aromatic rings. The third-order valence-electron chi connectivity index (χ3n) is 2.72. The van der Waals surface area contributed by atoms with Crippen LogP contribution in [0.25, 0.3) is 0 Å². The summed E-state index contributed by atoms with van der Waals surface area (Å²) in [5.41, 5.74) is 7.38. The van der Waals surface area contributed by atoms with Crippen LogP contribution in [0.2, 0.25) is 0 Å². The molecule has 5 nitrogen and oxygen atoms in total. The van der Waals surface area contributed by atoms with Gasteiger partial charge in [-0.3, -0.25) is 0 Å². The highest BCUT2D eigenvalue weighted by atomic mass is 16.4. The van der Waals surface area contributed by atoms with Gasteiger partial charge in [-0.25, -0.2) is 9.79 Å². The maximum absolute atomic E-state index is 11.1. The zero-order chi connectivity index (χ0) is 13.3. The minimum absolute atomic E-state index is 0.166. The number of carboxylic acid groups (broad SMARTS) is 1. The number of hydrogen-bond donors (Lipinski definition) is 3. The SMILES string of the molecule is CC1=CC(=Nc2ccccc2C(=O)O)C(C)(N)N1. The fourth-order valence-electron chi connectivity index (χ4n) is 1.89. The van der Waals surface area contributed by atoms with Gasteiger partial charge >= 0.3 is 5.97 Å². The van der Waals surface area contributed by atoms with E-state index in [0.29, 0.717) is 11.4 Å². The second-order valence-corrected chi connectivity index (χ2v) is 4.47. The number of aromatic carboxylic acids is 1. The standard InChI is InChI=1S/C13H15N3O2/c1-8-7-11(13(2,14)16-8)15-10-6-4-3-5-9(10)12(17)18/h3-7,16H,14H2,1-2H3,(H,17,18). The van der Waals surface area contributed by atoms with Gasteiger partial charge in [-0.15, -0.1) is 0 Å². The van der Waals surface area contributed by atoms with E-state index in [4.69, 9.17) is 10.8 Å². The molecule has 0 saturated carbocycles. The Labute approximate surface area is 105 Å². The Kier molecular flexibility index (Phi) is 2.92. The first kappa shape index (κ1) is 12.3. The molecule has 2 rings (SSSR count). The van der Waals surface area contributed by atoms with Gasteiger partial charge in [-0.1, -0.05) is 12.1 Å². The van der Waals surface area contributed by atoms with E-state index in [1.165, 1.54) is 6.07 Å². The van der Waals surface area contributed by atoms with E-state index >= 15 is 0 Å². The summed E-state index contributed by atoms with van der Waals surface area (Å²) >= 11 is 0. The number of nitrogens with one attached hydrogen (secondary N) is 1. The van der Waals surface area contributed by atoms with Gasteiger partial charge in [-0.05, 0) is 32.1 Å². The normalized spacial score (nSPS) is 24.8. The van der Waals surface area contributed by atoms with Gasteiger partial charge in [0.2, 0.25) is 0 Å². The van der Waals surface area contributed by atoms with Crippen molar-refractivity contribution in [1.29, 1.82) is 0 Å². The summed E-state index contributed by atoms with van der Waals surface area (Å²) in [5, 5.41) is 12.2. The van der Waals surface area contributed by atoms with Gasteiger partial charge in [0, 0.05) is 5.70 Å². The van der Waals surface area contributed by atoms with Crippen LogP contribution in [-0.4, -0.2) is 22.5 Å². The van der Waals surface area contributed by atoms with Crippen LogP contribution in [0.15, 0.2) is 41.0 Å². The summed E-state index contributed by atoms with van der Waals surface area (Å²) in [4.78, 5) is 15.4. The Morgan fingerprint density at radius 2 is 2.11 bits per heavy atom. The Hall–Kier alpha value is -2.14. The zero-order valence-electron chi connectivity index (χ0n) is 10.3. The second-order valence-electron chi connectivity index (χ2n) is 4.47. The van der Waals surface area contributed by atoms with Crippen molar-refractivity contribution >= 4 is 17.4 Å². The van der Waals surface area contributed by atoms with Crippen molar-refractivity contribution in [3.05, 3.63) is 41.6 Å². The molecular formula is C13H15N3O2. The Bertz CT molecular complexity index is 559. The van der Waals surface area contributed by atoms with E-state index in [2.05, 4.69) is 10.3 Å². The molecule has 18 heavy (non-hydrogen) atoms. The summed E-state index contributed by atoms with van der Waals surface area (Å²) in [6, 6.07) is 6.60. The maximum Gasteiger partial charge on any atom is 0.337 e. The average Bonchev–Trinajstić information content (AvgIpc) is 2.52. The Morgan fingerprint density at radius 1 is 1.44 bits per heavy atom. The van der Waals surface area contributed by atoms with Gasteiger partial charge in [-0.2, -0.15) is 0 Å². The monoisotopic (exact) mass is 245 g/mol.